The van der Waals surface area contributed by atoms with E-state index in [1.165, 1.54) is 97.1 Å². The fourth-order valence-electron chi connectivity index (χ4n) is 4.21. The smallest absolute Gasteiger partial charge is 0.417 e. The average molecular weight is 688 g/mol. The minimum Gasteiger partial charge on any atom is -0.417 e. The Bertz CT molecular complexity index is 1870. The van der Waals surface area contributed by atoms with Gasteiger partial charge in [0.2, 0.25) is 0 Å². The van der Waals surface area contributed by atoms with Gasteiger partial charge in [0.25, 0.3) is 0 Å². The van der Waals surface area contributed by atoms with Crippen LogP contribution in [-0.2, 0) is 0 Å². The van der Waals surface area contributed by atoms with E-state index in [9.17, 15) is 17.6 Å². The first-order chi connectivity index (χ1) is 22.2. The van der Waals surface area contributed by atoms with Crippen LogP contribution in [0.25, 0.3) is 0 Å². The number of fused-ring (bicyclic) bond motifs is 1. The van der Waals surface area contributed by atoms with Crippen LogP contribution in [0.5, 0.6) is 34.5 Å². The lowest BCUT2D eigenvalue weighted by Crippen LogP contribution is -2.25. The van der Waals surface area contributed by atoms with E-state index in [0.717, 1.165) is 0 Å². The zero-order valence-electron chi connectivity index (χ0n) is 23.2. The summed E-state index contributed by atoms with van der Waals surface area (Å²) in [5.74, 6) is -1.00. The summed E-state index contributed by atoms with van der Waals surface area (Å²) in [7, 11) is -11.9. The van der Waals surface area contributed by atoms with Crippen LogP contribution >= 0.6 is 23.3 Å². The van der Waals surface area contributed by atoms with Crippen LogP contribution in [0.15, 0.2) is 130 Å². The van der Waals surface area contributed by atoms with E-state index in [4.69, 9.17) is 36.2 Å². The van der Waals surface area contributed by atoms with Crippen LogP contribution < -0.4 is 32.0 Å². The molecule has 16 heteroatoms. The number of benzene rings is 5. The van der Waals surface area contributed by atoms with Crippen molar-refractivity contribution in [2.75, 3.05) is 0 Å². The van der Waals surface area contributed by atoms with Crippen LogP contribution in [-0.4, -0.2) is 0 Å². The zero-order valence-corrected chi connectivity index (χ0v) is 25.9. The van der Waals surface area contributed by atoms with E-state index >= 15 is 0 Å². The molecule has 2 aliphatic heterocycles. The molecule has 0 radical (unpaired) electrons. The third kappa shape index (κ3) is 6.55. The standard InChI is InChI=1S/C30H21F4N3O6P3/c31-21-5-13-25(14-6-21)38-44(39-26-15-7-22(32)8-16-26)35-45(40-27-17-9-23(33)10-18-27,41-28-19-11-24(34)12-20-28)37-46(36-44)42-29-3-1-2-4-30(29)43-46/h1-20,36H/q+1. The summed E-state index contributed by atoms with van der Waals surface area (Å²) in [6.45, 7) is 0. The van der Waals surface area contributed by atoms with Crippen molar-refractivity contribution in [3.63, 3.8) is 0 Å². The maximum absolute atomic E-state index is 13.9. The number of nitrogens with one attached hydrogen (secondary N) is 1. The summed E-state index contributed by atoms with van der Waals surface area (Å²) in [5.41, 5.74) is 0. The maximum Gasteiger partial charge on any atom is 0.634 e. The lowest BCUT2D eigenvalue weighted by atomic mass is 10.3. The van der Waals surface area contributed by atoms with Crippen LogP contribution in [0.1, 0.15) is 0 Å². The molecule has 1 N–H and O–H groups in total. The van der Waals surface area contributed by atoms with Gasteiger partial charge in [-0.3, -0.25) is 9.05 Å². The topological polar surface area (TPSA) is 92.1 Å². The monoisotopic (exact) mass is 688 g/mol. The molecule has 234 valence electrons. The van der Waals surface area contributed by atoms with E-state index in [-0.39, 0.29) is 23.0 Å². The molecule has 0 amide bonds. The van der Waals surface area contributed by atoms with Crippen LogP contribution in [0.3, 0.4) is 0 Å². The highest BCUT2D eigenvalue weighted by molar-refractivity contribution is 7.84. The van der Waals surface area contributed by atoms with Crippen molar-refractivity contribution in [1.29, 1.82) is 0 Å². The Balaban J connectivity index is 1.46. The first-order valence-corrected chi connectivity index (χ1v) is 18.1. The molecule has 0 aromatic heterocycles. The molecule has 0 saturated heterocycles. The number of rotatable bonds is 8. The normalized spacial score (nSPS) is 16.5. The highest BCUT2D eigenvalue weighted by atomic mass is 31.3. The van der Waals surface area contributed by atoms with Gasteiger partial charge in [-0.2, -0.15) is 0 Å². The lowest BCUT2D eigenvalue weighted by molar-refractivity contribution is 0.436. The molecule has 5 aromatic carbocycles. The van der Waals surface area contributed by atoms with Gasteiger partial charge in [-0.05, 0) is 109 Å². The van der Waals surface area contributed by atoms with Crippen molar-refractivity contribution in [2.45, 2.75) is 0 Å². The molecule has 2 aliphatic rings. The Hall–Kier alpha value is -4.53. The highest BCUT2D eigenvalue weighted by Gasteiger charge is 2.64. The number of hydrogen-bond donors (Lipinski definition) is 1. The van der Waals surface area contributed by atoms with Gasteiger partial charge in [0.15, 0.2) is 23.0 Å². The van der Waals surface area contributed by atoms with Gasteiger partial charge < -0.3 is 18.1 Å². The van der Waals surface area contributed by atoms with Crippen LogP contribution in [0, 0.1) is 23.3 Å². The summed E-state index contributed by atoms with van der Waals surface area (Å²) in [6, 6.07) is 27.0. The number of para-hydroxylation sites is 2. The summed E-state index contributed by atoms with van der Waals surface area (Å²) in [5, 5.41) is 0. The quantitative estimate of drug-likeness (QED) is 0.128. The molecule has 0 saturated carbocycles. The molecule has 2 heterocycles. The number of hydrogen-bond acceptors (Lipinski definition) is 9. The fraction of sp³-hybridized carbons (Fsp3) is 0. The third-order valence-corrected chi connectivity index (χ3v) is 14.6. The summed E-state index contributed by atoms with van der Waals surface area (Å²) in [4.78, 5) is 3.12. The number of halogens is 4. The fourth-order valence-corrected chi connectivity index (χ4v) is 13.7. The van der Waals surface area contributed by atoms with Crippen LogP contribution in [0.2, 0.25) is 0 Å². The zero-order chi connectivity index (χ0) is 31.8. The summed E-state index contributed by atoms with van der Waals surface area (Å²) in [6.07, 6.45) is 0. The van der Waals surface area contributed by atoms with Gasteiger partial charge in [-0.25, -0.2) is 17.6 Å². The molecule has 9 nitrogen and oxygen atoms in total. The van der Waals surface area contributed by atoms with Gasteiger partial charge in [-0.1, -0.05) is 12.1 Å². The van der Waals surface area contributed by atoms with E-state index < -0.39 is 46.6 Å². The molecule has 5 aromatic rings. The van der Waals surface area contributed by atoms with E-state index in [1.54, 1.807) is 24.3 Å². The van der Waals surface area contributed by atoms with Crippen molar-refractivity contribution < 1.29 is 44.7 Å². The molecule has 7 rings (SSSR count). The lowest BCUT2D eigenvalue weighted by Gasteiger charge is -2.31. The summed E-state index contributed by atoms with van der Waals surface area (Å²) >= 11 is 0. The molecular formula is C30H21F4N3O6P3+. The first-order valence-electron chi connectivity index (χ1n) is 13.4. The molecule has 0 atom stereocenters. The minimum absolute atomic E-state index is 0.0998. The SMILES string of the molecule is Fc1ccc(OP2(Oc3ccc(F)cc3)=N[P+](Oc3ccc(F)cc3)(Oc3ccc(F)cc3)N=P3(N2)Oc2ccccc2O3)cc1. The molecule has 0 fully saturated rings. The Morgan fingerprint density at radius 2 is 0.870 bits per heavy atom. The maximum atomic E-state index is 13.9. The van der Waals surface area contributed by atoms with Gasteiger partial charge in [0.1, 0.15) is 34.8 Å². The van der Waals surface area contributed by atoms with Crippen molar-refractivity contribution in [1.82, 2.24) is 4.86 Å². The minimum atomic E-state index is -4.13. The Kier molecular flexibility index (Phi) is 7.87. The Labute approximate surface area is 260 Å². The molecule has 0 bridgehead atoms. The first kappa shape index (κ1) is 30.1. The van der Waals surface area contributed by atoms with Crippen molar-refractivity contribution >= 4 is 23.3 Å². The van der Waals surface area contributed by atoms with E-state index in [2.05, 4.69) is 4.86 Å². The average Bonchev–Trinajstić information content (AvgIpc) is 3.38. The van der Waals surface area contributed by atoms with Gasteiger partial charge in [0.05, 0.1) is 9.03 Å². The number of nitrogens with zero attached hydrogens (tertiary/aromatic N) is 2. The molecule has 0 aliphatic carbocycles. The molecular weight excluding hydrogens is 667 g/mol. The predicted octanol–water partition coefficient (Wildman–Crippen LogP) is 10.5. The predicted molar refractivity (Wildman–Crippen MR) is 165 cm³/mol. The van der Waals surface area contributed by atoms with Crippen molar-refractivity contribution in [3.05, 3.63) is 145 Å². The van der Waals surface area contributed by atoms with E-state index in [0.29, 0.717) is 11.5 Å². The second-order valence-corrected chi connectivity index (χ2v) is 16.0. The Morgan fingerprint density at radius 1 is 0.500 bits per heavy atom. The van der Waals surface area contributed by atoms with Crippen LogP contribution in [0.4, 0.5) is 17.6 Å². The van der Waals surface area contributed by atoms with Gasteiger partial charge in [-0.15, -0.1) is 4.86 Å². The van der Waals surface area contributed by atoms with Gasteiger partial charge in [0, 0.05) is 0 Å². The van der Waals surface area contributed by atoms with Gasteiger partial charge >= 0.3 is 23.3 Å². The van der Waals surface area contributed by atoms with Crippen molar-refractivity contribution in [3.8, 4) is 34.5 Å². The molecule has 46 heavy (non-hydrogen) atoms. The second kappa shape index (κ2) is 12.0. The summed E-state index contributed by atoms with van der Waals surface area (Å²) < 4.78 is 103. The second-order valence-electron chi connectivity index (χ2n) is 9.62. The molecule has 0 unspecified atom stereocenters. The highest BCUT2D eigenvalue weighted by Crippen LogP contribution is 2.81. The van der Waals surface area contributed by atoms with E-state index in [1.807, 2.05) is 0 Å². The molecule has 1 spiro atoms. The third-order valence-electron chi connectivity index (χ3n) is 6.17. The largest absolute Gasteiger partial charge is 0.634 e. The Morgan fingerprint density at radius 3 is 1.26 bits per heavy atom. The van der Waals surface area contributed by atoms with Crippen molar-refractivity contribution in [2.24, 2.45) is 9.03 Å².